The van der Waals surface area contributed by atoms with Crippen LogP contribution in [-0.4, -0.2) is 28.7 Å². The van der Waals surface area contributed by atoms with E-state index in [4.69, 9.17) is 14.6 Å². The van der Waals surface area contributed by atoms with Gasteiger partial charge in [0.1, 0.15) is 4.21 Å². The molecule has 100 valence electrons. The lowest BCUT2D eigenvalue weighted by Crippen LogP contribution is -2.09. The van der Waals surface area contributed by atoms with Gasteiger partial charge in [-0.05, 0) is 12.1 Å². The van der Waals surface area contributed by atoms with Crippen molar-refractivity contribution in [1.82, 2.24) is 0 Å². The second-order valence-electron chi connectivity index (χ2n) is 3.61. The third kappa shape index (κ3) is 3.28. The predicted molar refractivity (Wildman–Crippen MR) is 72.6 cm³/mol. The summed E-state index contributed by atoms with van der Waals surface area (Å²) in [6.45, 7) is 1.62. The Hall–Kier alpha value is -0.510. The Labute approximate surface area is 113 Å². The Balaban J connectivity index is 2.08. The molecule has 2 heterocycles. The summed E-state index contributed by atoms with van der Waals surface area (Å²) in [6, 6.07) is 3.53. The molecule has 0 aliphatic rings. The fourth-order valence-electron chi connectivity index (χ4n) is 1.39. The van der Waals surface area contributed by atoms with Gasteiger partial charge in [0, 0.05) is 17.4 Å². The number of nitrogens with two attached hydrogens (primary N) is 1. The number of hydrogen-bond donors (Lipinski definition) is 1. The molecule has 18 heavy (non-hydrogen) atoms. The summed E-state index contributed by atoms with van der Waals surface area (Å²) in [4.78, 5) is 1.06. The van der Waals surface area contributed by atoms with Crippen LogP contribution in [0.5, 0.6) is 0 Å². The van der Waals surface area contributed by atoms with Crippen LogP contribution in [0.25, 0.3) is 9.40 Å². The molecule has 2 aromatic rings. The molecule has 0 aliphatic carbocycles. The van der Waals surface area contributed by atoms with Crippen molar-refractivity contribution >= 4 is 42.1 Å². The van der Waals surface area contributed by atoms with Gasteiger partial charge in [-0.25, -0.2) is 13.6 Å². The summed E-state index contributed by atoms with van der Waals surface area (Å²) in [7, 11) is -1.97. The van der Waals surface area contributed by atoms with E-state index in [-0.39, 0.29) is 4.21 Å². The van der Waals surface area contributed by atoms with E-state index in [0.717, 1.165) is 14.3 Å². The van der Waals surface area contributed by atoms with E-state index in [1.54, 1.807) is 13.2 Å². The fourth-order valence-corrected chi connectivity index (χ4v) is 4.72. The topological polar surface area (TPSA) is 78.6 Å². The first-order chi connectivity index (χ1) is 8.50. The van der Waals surface area contributed by atoms with Crippen molar-refractivity contribution < 1.29 is 17.9 Å². The molecule has 0 fully saturated rings. The third-order valence-electron chi connectivity index (χ3n) is 2.20. The Bertz CT molecular complexity index is 597. The predicted octanol–water partition coefficient (Wildman–Crippen LogP) is 1.77. The molecular weight excluding hydrogens is 294 g/mol. The molecule has 0 aliphatic heterocycles. The maximum absolute atomic E-state index is 11.2. The third-order valence-corrected chi connectivity index (χ3v) is 5.98. The summed E-state index contributed by atoms with van der Waals surface area (Å²) in [5.74, 6) is 0. The second kappa shape index (κ2) is 5.64. The van der Waals surface area contributed by atoms with E-state index in [2.05, 4.69) is 0 Å². The zero-order valence-electron chi connectivity index (χ0n) is 9.71. The highest BCUT2D eigenvalue weighted by molar-refractivity contribution is 7.91. The minimum atomic E-state index is -3.59. The average molecular weight is 307 g/mol. The maximum atomic E-state index is 11.2. The first-order valence-electron chi connectivity index (χ1n) is 5.12. The van der Waals surface area contributed by atoms with E-state index < -0.39 is 10.0 Å². The summed E-state index contributed by atoms with van der Waals surface area (Å²) >= 11 is 2.72. The zero-order chi connectivity index (χ0) is 13.2. The quantitative estimate of drug-likeness (QED) is 0.825. The lowest BCUT2D eigenvalue weighted by molar-refractivity contribution is 0.0629. The summed E-state index contributed by atoms with van der Waals surface area (Å²) in [5, 5.41) is 5.98. The van der Waals surface area contributed by atoms with Crippen LogP contribution in [0.3, 0.4) is 0 Å². The van der Waals surface area contributed by atoms with Gasteiger partial charge in [-0.2, -0.15) is 0 Å². The second-order valence-corrected chi connectivity index (χ2v) is 7.85. The van der Waals surface area contributed by atoms with Crippen LogP contribution in [0.4, 0.5) is 0 Å². The van der Waals surface area contributed by atoms with Gasteiger partial charge in [0.25, 0.3) is 0 Å². The monoisotopic (exact) mass is 307 g/mol. The maximum Gasteiger partial charge on any atom is 0.247 e. The van der Waals surface area contributed by atoms with Gasteiger partial charge < -0.3 is 9.47 Å². The molecule has 0 saturated heterocycles. The molecular formula is C10H13NO4S3. The van der Waals surface area contributed by atoms with Gasteiger partial charge in [0.15, 0.2) is 0 Å². The van der Waals surface area contributed by atoms with Crippen LogP contribution < -0.4 is 5.14 Å². The zero-order valence-corrected chi connectivity index (χ0v) is 12.2. The molecule has 0 amide bonds. The highest BCUT2D eigenvalue weighted by Crippen LogP contribution is 2.35. The van der Waals surface area contributed by atoms with E-state index >= 15 is 0 Å². The van der Waals surface area contributed by atoms with E-state index in [1.165, 1.54) is 22.7 Å². The molecule has 2 N–H and O–H groups in total. The first kappa shape index (κ1) is 13.9. The smallest absolute Gasteiger partial charge is 0.247 e. The van der Waals surface area contributed by atoms with Crippen LogP contribution in [0.1, 0.15) is 4.88 Å². The largest absolute Gasteiger partial charge is 0.382 e. The molecule has 0 aromatic carbocycles. The number of ether oxygens (including phenoxy) is 2. The number of rotatable bonds is 6. The standard InChI is InChI=1S/C10H13NO4S3/c1-14-2-3-15-6-8-4-7-5-9(18(11,12)13)17-10(7)16-8/h4-5H,2-3,6H2,1H3,(H2,11,12,13). The van der Waals surface area contributed by atoms with Gasteiger partial charge in [-0.3, -0.25) is 0 Å². The van der Waals surface area contributed by atoms with E-state index in [9.17, 15) is 8.42 Å². The Morgan fingerprint density at radius 2 is 2.06 bits per heavy atom. The lowest BCUT2D eigenvalue weighted by Gasteiger charge is -2.00. The molecule has 0 unspecified atom stereocenters. The molecule has 0 spiro atoms. The summed E-state index contributed by atoms with van der Waals surface area (Å²) in [6.07, 6.45) is 0. The van der Waals surface area contributed by atoms with Gasteiger partial charge in [0.2, 0.25) is 10.0 Å². The van der Waals surface area contributed by atoms with Crippen LogP contribution in [-0.2, 0) is 26.1 Å². The molecule has 0 bridgehead atoms. The number of thiophene rings is 2. The highest BCUT2D eigenvalue weighted by atomic mass is 32.2. The highest BCUT2D eigenvalue weighted by Gasteiger charge is 2.14. The Morgan fingerprint density at radius 3 is 2.67 bits per heavy atom. The minimum absolute atomic E-state index is 0.204. The number of sulfonamides is 1. The van der Waals surface area contributed by atoms with Crippen molar-refractivity contribution in [3.63, 3.8) is 0 Å². The molecule has 0 saturated carbocycles. The normalized spacial score (nSPS) is 12.3. The van der Waals surface area contributed by atoms with Crippen molar-refractivity contribution in [3.8, 4) is 0 Å². The number of methoxy groups -OCH3 is 1. The number of primary sulfonamides is 1. The van der Waals surface area contributed by atoms with Gasteiger partial charge in [0.05, 0.1) is 23.8 Å². The first-order valence-corrected chi connectivity index (χ1v) is 8.30. The molecule has 0 atom stereocenters. The lowest BCUT2D eigenvalue weighted by atomic mass is 10.4. The van der Waals surface area contributed by atoms with Crippen molar-refractivity contribution in [2.45, 2.75) is 10.8 Å². The molecule has 5 nitrogen and oxygen atoms in total. The summed E-state index contributed by atoms with van der Waals surface area (Å²) < 4.78 is 33.8. The van der Waals surface area contributed by atoms with Crippen LogP contribution in [0.15, 0.2) is 16.3 Å². The number of fused-ring (bicyclic) bond motifs is 1. The van der Waals surface area contributed by atoms with Crippen LogP contribution in [0, 0.1) is 0 Å². The Kier molecular flexibility index (Phi) is 4.36. The molecule has 8 heteroatoms. The van der Waals surface area contributed by atoms with Crippen molar-refractivity contribution in [2.24, 2.45) is 5.14 Å². The van der Waals surface area contributed by atoms with Crippen LogP contribution >= 0.6 is 22.7 Å². The van der Waals surface area contributed by atoms with Crippen LogP contribution in [0.2, 0.25) is 0 Å². The SMILES string of the molecule is COCCOCc1cc2cc(S(N)(=O)=O)sc2s1. The summed E-state index contributed by atoms with van der Waals surface area (Å²) in [5.41, 5.74) is 0. The van der Waals surface area contributed by atoms with Crippen molar-refractivity contribution in [2.75, 3.05) is 20.3 Å². The molecule has 0 radical (unpaired) electrons. The minimum Gasteiger partial charge on any atom is -0.382 e. The van der Waals surface area contributed by atoms with Crippen molar-refractivity contribution in [3.05, 3.63) is 17.0 Å². The van der Waals surface area contributed by atoms with E-state index in [1.807, 2.05) is 6.07 Å². The number of hydrogen-bond acceptors (Lipinski definition) is 6. The van der Waals surface area contributed by atoms with Gasteiger partial charge in [-0.1, -0.05) is 0 Å². The average Bonchev–Trinajstić information content (AvgIpc) is 2.80. The van der Waals surface area contributed by atoms with E-state index in [0.29, 0.717) is 19.8 Å². The fraction of sp³-hybridized carbons (Fsp3) is 0.400. The molecule has 2 rings (SSSR count). The molecule has 2 aromatic heterocycles. The van der Waals surface area contributed by atoms with Gasteiger partial charge in [-0.15, -0.1) is 22.7 Å². The van der Waals surface area contributed by atoms with Gasteiger partial charge >= 0.3 is 0 Å². The Morgan fingerprint density at radius 1 is 1.28 bits per heavy atom. The van der Waals surface area contributed by atoms with Crippen molar-refractivity contribution in [1.29, 1.82) is 0 Å².